The fraction of sp³-hybridized carbons (Fsp3) is 0.391. The lowest BCUT2D eigenvalue weighted by molar-refractivity contribution is -0.115. The van der Waals surface area contributed by atoms with Gasteiger partial charge >= 0.3 is 0 Å². The molecule has 4 nitrogen and oxygen atoms in total. The average molecular weight is 397 g/mol. The van der Waals surface area contributed by atoms with Crippen LogP contribution in [0.3, 0.4) is 0 Å². The van der Waals surface area contributed by atoms with Gasteiger partial charge in [0.15, 0.2) is 0 Å². The van der Waals surface area contributed by atoms with E-state index < -0.39 is 0 Å². The molecule has 0 spiro atoms. The summed E-state index contributed by atoms with van der Waals surface area (Å²) in [5, 5.41) is 2.77. The number of nitrogens with one attached hydrogen (secondary N) is 1. The van der Waals surface area contributed by atoms with Crippen molar-refractivity contribution in [1.29, 1.82) is 0 Å². The van der Waals surface area contributed by atoms with Crippen LogP contribution in [0.4, 0.5) is 5.69 Å². The predicted octanol–water partition coefficient (Wildman–Crippen LogP) is 4.96. The second-order valence-corrected chi connectivity index (χ2v) is 8.51. The topological polar surface area (TPSA) is 49.4 Å². The zero-order valence-corrected chi connectivity index (χ0v) is 17.2. The minimum atomic E-state index is -0.207. The van der Waals surface area contributed by atoms with Crippen molar-refractivity contribution in [3.63, 3.8) is 0 Å². The maximum absolute atomic E-state index is 13.0. The van der Waals surface area contributed by atoms with Gasteiger partial charge in [-0.2, -0.15) is 0 Å². The van der Waals surface area contributed by atoms with Gasteiger partial charge in [-0.3, -0.25) is 9.59 Å². The molecule has 2 aromatic carbocycles. The molecule has 1 N–H and O–H groups in total. The van der Waals surface area contributed by atoms with Crippen molar-refractivity contribution in [2.75, 3.05) is 18.4 Å². The minimum absolute atomic E-state index is 0.0161. The van der Waals surface area contributed by atoms with Crippen LogP contribution in [-0.4, -0.2) is 35.1 Å². The fourth-order valence-corrected chi connectivity index (χ4v) is 4.17. The number of hydrogen-bond acceptors (Lipinski definition) is 3. The van der Waals surface area contributed by atoms with Gasteiger partial charge in [0.1, 0.15) is 0 Å². The van der Waals surface area contributed by atoms with E-state index >= 15 is 0 Å². The molecule has 28 heavy (non-hydrogen) atoms. The van der Waals surface area contributed by atoms with Crippen LogP contribution >= 0.6 is 11.8 Å². The Morgan fingerprint density at radius 2 is 1.61 bits per heavy atom. The SMILES string of the molecule is C[C@@H](SCc1ccccc1)C(=O)Nc1ccccc1C(=O)N1CCCCCC1. The van der Waals surface area contributed by atoms with Crippen molar-refractivity contribution in [3.05, 3.63) is 65.7 Å². The summed E-state index contributed by atoms with van der Waals surface area (Å²) in [6.07, 6.45) is 4.46. The number of likely N-dealkylation sites (tertiary alicyclic amines) is 1. The molecule has 0 radical (unpaired) electrons. The summed E-state index contributed by atoms with van der Waals surface area (Å²) in [7, 11) is 0. The molecule has 1 aliphatic heterocycles. The standard InChI is InChI=1S/C23H28N2O2S/c1-18(28-17-19-11-5-4-6-12-19)22(26)24-21-14-8-7-13-20(21)23(27)25-15-9-2-3-10-16-25/h4-8,11-14,18H,2-3,9-10,15-17H2,1H3,(H,24,26)/t18-/m1/s1. The molecule has 1 aliphatic rings. The Bertz CT molecular complexity index is 786. The molecule has 1 saturated heterocycles. The summed E-state index contributed by atoms with van der Waals surface area (Å²) in [6.45, 7) is 3.50. The summed E-state index contributed by atoms with van der Waals surface area (Å²) in [5.41, 5.74) is 2.39. The van der Waals surface area contributed by atoms with E-state index in [1.165, 1.54) is 18.4 Å². The summed E-state index contributed by atoms with van der Waals surface area (Å²) < 4.78 is 0. The Balaban J connectivity index is 1.63. The van der Waals surface area contributed by atoms with Gasteiger partial charge in [0, 0.05) is 18.8 Å². The normalized spacial score (nSPS) is 15.5. The van der Waals surface area contributed by atoms with Crippen molar-refractivity contribution in [2.24, 2.45) is 0 Å². The third-order valence-corrected chi connectivity index (χ3v) is 6.23. The molecule has 2 amide bonds. The zero-order valence-electron chi connectivity index (χ0n) is 16.4. The highest BCUT2D eigenvalue weighted by Gasteiger charge is 2.22. The number of carbonyl (C=O) groups excluding carboxylic acids is 2. The number of rotatable bonds is 6. The smallest absolute Gasteiger partial charge is 0.255 e. The van der Waals surface area contributed by atoms with Gasteiger partial charge in [0.2, 0.25) is 5.91 Å². The van der Waals surface area contributed by atoms with Gasteiger partial charge in [-0.25, -0.2) is 0 Å². The Morgan fingerprint density at radius 1 is 0.964 bits per heavy atom. The van der Waals surface area contributed by atoms with E-state index in [0.717, 1.165) is 31.7 Å². The van der Waals surface area contributed by atoms with Gasteiger partial charge in [-0.05, 0) is 37.5 Å². The quantitative estimate of drug-likeness (QED) is 0.750. The number of para-hydroxylation sites is 1. The van der Waals surface area contributed by atoms with Crippen LogP contribution in [0.15, 0.2) is 54.6 Å². The van der Waals surface area contributed by atoms with Crippen molar-refractivity contribution in [3.8, 4) is 0 Å². The van der Waals surface area contributed by atoms with Crippen LogP contribution in [0.1, 0.15) is 48.5 Å². The van der Waals surface area contributed by atoms with Gasteiger partial charge in [-0.15, -0.1) is 11.8 Å². The average Bonchev–Trinajstić information content (AvgIpc) is 3.02. The maximum Gasteiger partial charge on any atom is 0.255 e. The second-order valence-electron chi connectivity index (χ2n) is 7.18. The molecule has 3 rings (SSSR count). The lowest BCUT2D eigenvalue weighted by Gasteiger charge is -2.22. The molecule has 0 bridgehead atoms. The highest BCUT2D eigenvalue weighted by atomic mass is 32.2. The minimum Gasteiger partial charge on any atom is -0.339 e. The first-order chi connectivity index (χ1) is 13.6. The van der Waals surface area contributed by atoms with Crippen molar-refractivity contribution in [2.45, 2.75) is 43.6 Å². The third-order valence-electron chi connectivity index (χ3n) is 5.02. The number of nitrogens with zero attached hydrogens (tertiary/aromatic N) is 1. The van der Waals surface area contributed by atoms with Crippen LogP contribution in [0, 0.1) is 0 Å². The Kier molecular flexibility index (Phi) is 7.54. The molecule has 148 valence electrons. The number of benzene rings is 2. The molecule has 0 aliphatic carbocycles. The highest BCUT2D eigenvalue weighted by Crippen LogP contribution is 2.23. The molecular weight excluding hydrogens is 368 g/mol. The molecule has 1 atom stereocenters. The molecule has 0 aromatic heterocycles. The number of anilines is 1. The van der Waals surface area contributed by atoms with Gasteiger partial charge in [0.05, 0.1) is 16.5 Å². The summed E-state index contributed by atoms with van der Waals surface area (Å²) in [5.74, 6) is 0.725. The van der Waals surface area contributed by atoms with Gasteiger partial charge < -0.3 is 10.2 Å². The van der Waals surface area contributed by atoms with Crippen LogP contribution in [0.25, 0.3) is 0 Å². The third kappa shape index (κ3) is 5.61. The first kappa shape index (κ1) is 20.5. The number of carbonyl (C=O) groups is 2. The lowest BCUT2D eigenvalue weighted by Crippen LogP contribution is -2.33. The highest BCUT2D eigenvalue weighted by molar-refractivity contribution is 7.99. The van der Waals surface area contributed by atoms with Crippen molar-refractivity contribution >= 4 is 29.3 Å². The lowest BCUT2D eigenvalue weighted by atomic mass is 10.1. The molecule has 0 unspecified atom stereocenters. The van der Waals surface area contributed by atoms with Crippen LogP contribution in [0.5, 0.6) is 0 Å². The van der Waals surface area contributed by atoms with Gasteiger partial charge in [-0.1, -0.05) is 55.3 Å². The number of amides is 2. The zero-order chi connectivity index (χ0) is 19.8. The van der Waals surface area contributed by atoms with Crippen molar-refractivity contribution < 1.29 is 9.59 Å². The number of hydrogen-bond donors (Lipinski definition) is 1. The van der Waals surface area contributed by atoms with Crippen LogP contribution in [0.2, 0.25) is 0 Å². The molecule has 2 aromatic rings. The van der Waals surface area contributed by atoms with E-state index in [-0.39, 0.29) is 17.1 Å². The van der Waals surface area contributed by atoms with E-state index in [1.54, 1.807) is 11.8 Å². The molecule has 1 fully saturated rings. The predicted molar refractivity (Wildman–Crippen MR) is 117 cm³/mol. The van der Waals surface area contributed by atoms with E-state index in [9.17, 15) is 9.59 Å². The molecule has 1 heterocycles. The fourth-order valence-electron chi connectivity index (χ4n) is 3.33. The molecular formula is C23H28N2O2S. The van der Waals surface area contributed by atoms with E-state index in [1.807, 2.05) is 54.3 Å². The monoisotopic (exact) mass is 396 g/mol. The first-order valence-electron chi connectivity index (χ1n) is 10.00. The summed E-state index contributed by atoms with van der Waals surface area (Å²) in [6, 6.07) is 17.5. The summed E-state index contributed by atoms with van der Waals surface area (Å²) >= 11 is 1.59. The second kappa shape index (κ2) is 10.3. The van der Waals surface area contributed by atoms with Crippen LogP contribution in [-0.2, 0) is 10.5 Å². The van der Waals surface area contributed by atoms with E-state index in [4.69, 9.17) is 0 Å². The number of thioether (sulfide) groups is 1. The van der Waals surface area contributed by atoms with E-state index in [0.29, 0.717) is 11.3 Å². The Morgan fingerprint density at radius 3 is 2.32 bits per heavy atom. The largest absolute Gasteiger partial charge is 0.339 e. The maximum atomic E-state index is 13.0. The molecule has 0 saturated carbocycles. The Hall–Kier alpha value is -2.27. The van der Waals surface area contributed by atoms with E-state index in [2.05, 4.69) is 17.4 Å². The summed E-state index contributed by atoms with van der Waals surface area (Å²) in [4.78, 5) is 27.6. The van der Waals surface area contributed by atoms with Crippen LogP contribution < -0.4 is 5.32 Å². The van der Waals surface area contributed by atoms with Gasteiger partial charge in [0.25, 0.3) is 5.91 Å². The Labute approximate surface area is 171 Å². The molecule has 5 heteroatoms. The van der Waals surface area contributed by atoms with Crippen molar-refractivity contribution in [1.82, 2.24) is 4.90 Å². The first-order valence-corrected chi connectivity index (χ1v) is 11.0.